The SMILES string of the molecule is CC[Si](CC)(CC)O[C@H]1C[C@H](CCOCc2ccc(OC)cc2)O[C@@]2(C1)C[C@@](C)(O[Si](CC)(CC)CC)C[C@H](CC(C)=O)O2. The number of hydrogen-bond donors (Lipinski definition) is 0. The van der Waals surface area contributed by atoms with Crippen LogP contribution in [-0.4, -0.2) is 65.8 Å². The zero-order valence-corrected chi connectivity index (χ0v) is 31.3. The Morgan fingerprint density at radius 1 is 0.886 bits per heavy atom. The highest BCUT2D eigenvalue weighted by Crippen LogP contribution is 2.48. The third-order valence-corrected chi connectivity index (χ3v) is 19.9. The quantitative estimate of drug-likeness (QED) is 0.116. The topological polar surface area (TPSA) is 72.5 Å². The van der Waals surface area contributed by atoms with Gasteiger partial charge in [0.25, 0.3) is 0 Å². The van der Waals surface area contributed by atoms with E-state index in [2.05, 4.69) is 48.5 Å². The molecule has 0 saturated carbocycles. The van der Waals surface area contributed by atoms with Crippen LogP contribution in [-0.2, 0) is 34.5 Å². The molecule has 0 amide bonds. The summed E-state index contributed by atoms with van der Waals surface area (Å²) in [5.41, 5.74) is 0.697. The molecule has 2 fully saturated rings. The van der Waals surface area contributed by atoms with Gasteiger partial charge in [0, 0.05) is 32.3 Å². The van der Waals surface area contributed by atoms with Crippen LogP contribution in [0, 0.1) is 0 Å². The molecule has 0 unspecified atom stereocenters. The summed E-state index contributed by atoms with van der Waals surface area (Å²) in [4.78, 5) is 12.4. The molecule has 2 aliphatic rings. The van der Waals surface area contributed by atoms with E-state index < -0.39 is 28.0 Å². The third-order valence-electron chi connectivity index (χ3n) is 10.4. The number of carbonyl (C=O) groups is 1. The first-order valence-corrected chi connectivity index (χ1v) is 22.4. The van der Waals surface area contributed by atoms with Crippen LogP contribution in [0.5, 0.6) is 5.75 Å². The molecule has 0 radical (unpaired) electrons. The minimum absolute atomic E-state index is 0.0488. The van der Waals surface area contributed by atoms with E-state index in [0.717, 1.165) is 60.4 Å². The van der Waals surface area contributed by atoms with Crippen molar-refractivity contribution in [3.8, 4) is 5.75 Å². The minimum Gasteiger partial charge on any atom is -0.497 e. The molecule has 2 heterocycles. The van der Waals surface area contributed by atoms with Crippen molar-refractivity contribution in [2.45, 2.75) is 166 Å². The summed E-state index contributed by atoms with van der Waals surface area (Å²) in [7, 11) is -2.12. The summed E-state index contributed by atoms with van der Waals surface area (Å²) in [5.74, 6) is 0.136. The van der Waals surface area contributed by atoms with Crippen molar-refractivity contribution in [2.75, 3.05) is 13.7 Å². The largest absolute Gasteiger partial charge is 0.497 e. The molecule has 2 aliphatic heterocycles. The Morgan fingerprint density at radius 3 is 2.02 bits per heavy atom. The van der Waals surface area contributed by atoms with E-state index in [1.165, 1.54) is 0 Å². The first kappa shape index (κ1) is 37.4. The lowest BCUT2D eigenvalue weighted by atomic mass is 9.81. The number of ketones is 1. The summed E-state index contributed by atoms with van der Waals surface area (Å²) < 4.78 is 39.7. The van der Waals surface area contributed by atoms with Gasteiger partial charge in [-0.05, 0) is 80.6 Å². The molecular formula is C35H62O7Si2. The summed E-state index contributed by atoms with van der Waals surface area (Å²) in [5, 5.41) is 0. The molecule has 252 valence electrons. The van der Waals surface area contributed by atoms with E-state index in [4.69, 9.17) is 27.8 Å². The van der Waals surface area contributed by atoms with Gasteiger partial charge in [-0.1, -0.05) is 53.7 Å². The first-order valence-electron chi connectivity index (χ1n) is 17.4. The minimum atomic E-state index is -1.93. The zero-order chi connectivity index (χ0) is 32.4. The van der Waals surface area contributed by atoms with Crippen LogP contribution in [0.15, 0.2) is 24.3 Å². The summed E-state index contributed by atoms with van der Waals surface area (Å²) >= 11 is 0. The molecule has 7 nitrogen and oxygen atoms in total. The van der Waals surface area contributed by atoms with Crippen LogP contribution < -0.4 is 4.74 Å². The fourth-order valence-corrected chi connectivity index (χ4v) is 13.6. The van der Waals surface area contributed by atoms with Gasteiger partial charge in [-0.3, -0.25) is 4.79 Å². The number of ether oxygens (including phenoxy) is 4. The second-order valence-electron chi connectivity index (χ2n) is 13.6. The molecule has 1 aromatic carbocycles. The maximum Gasteiger partial charge on any atom is 0.192 e. The molecule has 2 saturated heterocycles. The van der Waals surface area contributed by atoms with Gasteiger partial charge in [0.2, 0.25) is 0 Å². The third kappa shape index (κ3) is 9.96. The van der Waals surface area contributed by atoms with Crippen LogP contribution in [0.1, 0.15) is 99.5 Å². The maximum absolute atomic E-state index is 12.4. The predicted molar refractivity (Wildman–Crippen MR) is 182 cm³/mol. The van der Waals surface area contributed by atoms with Crippen LogP contribution >= 0.6 is 0 Å². The highest BCUT2D eigenvalue weighted by molar-refractivity contribution is 6.74. The first-order chi connectivity index (χ1) is 20.9. The van der Waals surface area contributed by atoms with Gasteiger partial charge >= 0.3 is 0 Å². The molecule has 0 aliphatic carbocycles. The molecule has 1 aromatic rings. The highest BCUT2D eigenvalue weighted by Gasteiger charge is 2.55. The van der Waals surface area contributed by atoms with Crippen molar-refractivity contribution < 1.29 is 32.6 Å². The fourth-order valence-electron chi connectivity index (χ4n) is 7.57. The standard InChI is InChI=1S/C35H62O7Si2/c1-10-43(11-2,12-3)41-33-23-31(20-21-38-26-29-16-18-30(37-9)19-17-29)39-35(25-33)27-34(8,24-32(40-35)22-28(7)36)42-44(13-4,14-5)15-6/h16-19,31-33H,10-15,20-27H2,1-9H3/t31-,32-,33-,34-,35+/m0/s1. The lowest BCUT2D eigenvalue weighted by Gasteiger charge is -2.55. The Morgan fingerprint density at radius 2 is 1.48 bits per heavy atom. The van der Waals surface area contributed by atoms with Crippen molar-refractivity contribution in [3.63, 3.8) is 0 Å². The van der Waals surface area contributed by atoms with E-state index in [9.17, 15) is 4.79 Å². The van der Waals surface area contributed by atoms with Gasteiger partial charge in [0.1, 0.15) is 11.5 Å². The van der Waals surface area contributed by atoms with Crippen LogP contribution in [0.25, 0.3) is 0 Å². The van der Waals surface area contributed by atoms with Crippen LogP contribution in [0.3, 0.4) is 0 Å². The number of rotatable bonds is 18. The number of methoxy groups -OCH3 is 1. The molecule has 0 N–H and O–H groups in total. The average molecular weight is 651 g/mol. The van der Waals surface area contributed by atoms with Gasteiger partial charge in [0.05, 0.1) is 37.6 Å². The Kier molecular flexibility index (Phi) is 14.2. The predicted octanol–water partition coefficient (Wildman–Crippen LogP) is 8.81. The van der Waals surface area contributed by atoms with E-state index in [1.54, 1.807) is 14.0 Å². The van der Waals surface area contributed by atoms with E-state index in [-0.39, 0.29) is 24.1 Å². The Labute approximate surface area is 270 Å². The molecule has 5 atom stereocenters. The molecular weight excluding hydrogens is 589 g/mol. The van der Waals surface area contributed by atoms with E-state index >= 15 is 0 Å². The normalized spacial score (nSPS) is 27.9. The van der Waals surface area contributed by atoms with Gasteiger partial charge in [-0.2, -0.15) is 0 Å². The monoisotopic (exact) mass is 650 g/mol. The van der Waals surface area contributed by atoms with E-state index in [1.807, 2.05) is 24.3 Å². The van der Waals surface area contributed by atoms with Gasteiger partial charge in [0.15, 0.2) is 22.4 Å². The van der Waals surface area contributed by atoms with Crippen LogP contribution in [0.4, 0.5) is 0 Å². The summed E-state index contributed by atoms with van der Waals surface area (Å²) in [6.45, 7) is 18.7. The zero-order valence-electron chi connectivity index (χ0n) is 29.3. The van der Waals surface area contributed by atoms with E-state index in [0.29, 0.717) is 38.9 Å². The Hall–Kier alpha value is -1.08. The second-order valence-corrected chi connectivity index (χ2v) is 23.0. The van der Waals surface area contributed by atoms with Crippen molar-refractivity contribution in [1.82, 2.24) is 0 Å². The Balaban J connectivity index is 1.86. The van der Waals surface area contributed by atoms with Crippen molar-refractivity contribution in [2.24, 2.45) is 0 Å². The Bertz CT molecular complexity index is 996. The number of hydrogen-bond acceptors (Lipinski definition) is 7. The number of carbonyl (C=O) groups excluding carboxylic acids is 1. The highest BCUT2D eigenvalue weighted by atomic mass is 28.4. The second kappa shape index (κ2) is 16.7. The van der Waals surface area contributed by atoms with Crippen molar-refractivity contribution >= 4 is 22.4 Å². The van der Waals surface area contributed by atoms with Crippen LogP contribution in [0.2, 0.25) is 36.3 Å². The molecule has 44 heavy (non-hydrogen) atoms. The summed E-state index contributed by atoms with van der Waals surface area (Å²) in [6.07, 6.45) is 3.76. The van der Waals surface area contributed by atoms with Crippen molar-refractivity contribution in [3.05, 3.63) is 29.8 Å². The summed E-state index contributed by atoms with van der Waals surface area (Å²) in [6, 6.07) is 14.6. The molecule has 1 spiro atoms. The lowest BCUT2D eigenvalue weighted by Crippen LogP contribution is -2.61. The number of Topliss-reactive ketones (excluding diaryl/α,β-unsaturated/α-hetero) is 1. The van der Waals surface area contributed by atoms with Gasteiger partial charge in [-0.15, -0.1) is 0 Å². The molecule has 0 aromatic heterocycles. The van der Waals surface area contributed by atoms with Gasteiger partial charge < -0.3 is 27.8 Å². The molecule has 0 bridgehead atoms. The molecule has 3 rings (SSSR count). The lowest BCUT2D eigenvalue weighted by molar-refractivity contribution is -0.347. The van der Waals surface area contributed by atoms with Gasteiger partial charge in [-0.25, -0.2) is 0 Å². The maximum atomic E-state index is 12.4. The fraction of sp³-hybridized carbons (Fsp3) is 0.800. The molecule has 9 heteroatoms. The smallest absolute Gasteiger partial charge is 0.192 e. The average Bonchev–Trinajstić information content (AvgIpc) is 3.00. The van der Waals surface area contributed by atoms with Crippen molar-refractivity contribution in [1.29, 1.82) is 0 Å². The number of benzene rings is 1.